The lowest BCUT2D eigenvalue weighted by Crippen LogP contribution is -2.38. The summed E-state index contributed by atoms with van der Waals surface area (Å²) in [5.41, 5.74) is 7.88. The summed E-state index contributed by atoms with van der Waals surface area (Å²) in [6.07, 6.45) is 11.7. The van der Waals surface area contributed by atoms with Crippen LogP contribution in [0.2, 0.25) is 0 Å². The zero-order valence-electron chi connectivity index (χ0n) is 16.3. The molecule has 28 heavy (non-hydrogen) atoms. The highest BCUT2D eigenvalue weighted by Crippen LogP contribution is 2.56. The smallest absolute Gasteiger partial charge is 0.223 e. The largest absolute Gasteiger partial charge is 0.369 e. The fourth-order valence-electron chi connectivity index (χ4n) is 5.28. The molecule has 2 fully saturated rings. The van der Waals surface area contributed by atoms with Crippen LogP contribution in [0.1, 0.15) is 44.7 Å². The summed E-state index contributed by atoms with van der Waals surface area (Å²) in [7, 11) is 0. The summed E-state index contributed by atoms with van der Waals surface area (Å²) < 4.78 is 13.4. The summed E-state index contributed by atoms with van der Waals surface area (Å²) in [6.45, 7) is 2.03. The van der Waals surface area contributed by atoms with Crippen LogP contribution in [0.15, 0.2) is 48.7 Å². The van der Waals surface area contributed by atoms with Gasteiger partial charge in [0, 0.05) is 11.8 Å². The zero-order valence-corrected chi connectivity index (χ0v) is 16.3. The molecule has 3 nitrogen and oxygen atoms in total. The third kappa shape index (κ3) is 3.48. The van der Waals surface area contributed by atoms with Gasteiger partial charge in [0.2, 0.25) is 5.91 Å². The quantitative estimate of drug-likeness (QED) is 0.793. The number of hydrogen-bond acceptors (Lipinski definition) is 2. The van der Waals surface area contributed by atoms with Crippen LogP contribution < -0.4 is 5.73 Å². The van der Waals surface area contributed by atoms with Crippen molar-refractivity contribution >= 4 is 12.0 Å². The highest BCUT2D eigenvalue weighted by Gasteiger charge is 2.52. The van der Waals surface area contributed by atoms with E-state index >= 15 is 0 Å². The molecule has 2 aliphatic rings. The lowest BCUT2D eigenvalue weighted by Gasteiger charge is -2.31. The summed E-state index contributed by atoms with van der Waals surface area (Å²) in [6, 6.07) is 10.4. The molecule has 1 amide bonds. The Bertz CT molecular complexity index is 892. The molecule has 2 aromatic rings. The number of fused-ring (bicyclic) bond motifs is 1. The van der Waals surface area contributed by atoms with Crippen molar-refractivity contribution < 1.29 is 9.18 Å². The van der Waals surface area contributed by atoms with Crippen molar-refractivity contribution in [3.63, 3.8) is 0 Å². The average molecular weight is 378 g/mol. The van der Waals surface area contributed by atoms with Crippen LogP contribution in [0.4, 0.5) is 4.39 Å². The number of nitrogens with zero attached hydrogens (tertiary/aromatic N) is 1. The molecule has 0 unspecified atom stereocenters. The van der Waals surface area contributed by atoms with Gasteiger partial charge in [-0.3, -0.25) is 9.78 Å². The van der Waals surface area contributed by atoms with Gasteiger partial charge in [-0.05, 0) is 60.4 Å². The minimum absolute atomic E-state index is 0.167. The number of aromatic nitrogens is 1. The van der Waals surface area contributed by atoms with E-state index in [2.05, 4.69) is 11.1 Å². The second kappa shape index (κ2) is 7.50. The maximum atomic E-state index is 13.4. The predicted octanol–water partition coefficient (Wildman–Crippen LogP) is 5.22. The Morgan fingerprint density at radius 1 is 1.21 bits per heavy atom. The summed E-state index contributed by atoms with van der Waals surface area (Å²) in [5, 5.41) is 0. The molecular formula is C24H27FN2O. The molecule has 0 radical (unpaired) electrons. The van der Waals surface area contributed by atoms with Crippen molar-refractivity contribution in [2.24, 2.45) is 28.9 Å². The number of amides is 1. The van der Waals surface area contributed by atoms with Crippen LogP contribution >= 0.6 is 0 Å². The van der Waals surface area contributed by atoms with E-state index in [1.54, 1.807) is 12.3 Å². The van der Waals surface area contributed by atoms with Gasteiger partial charge in [-0.1, -0.05) is 50.5 Å². The lowest BCUT2D eigenvalue weighted by atomic mass is 9.73. The number of allylic oxidation sites excluding steroid dienone is 1. The normalized spacial score (nSPS) is 29.7. The monoisotopic (exact) mass is 378 g/mol. The molecule has 2 aliphatic carbocycles. The minimum atomic E-state index is -0.475. The van der Waals surface area contributed by atoms with Crippen molar-refractivity contribution in [3.8, 4) is 11.1 Å². The lowest BCUT2D eigenvalue weighted by molar-refractivity contribution is -0.128. The molecular weight excluding hydrogens is 351 g/mol. The molecule has 2 N–H and O–H groups in total. The van der Waals surface area contributed by atoms with Gasteiger partial charge in [0.15, 0.2) is 0 Å². The fraction of sp³-hybridized carbons (Fsp3) is 0.417. The second-order valence-electron chi connectivity index (χ2n) is 8.56. The highest BCUT2D eigenvalue weighted by molar-refractivity contribution is 5.82. The van der Waals surface area contributed by atoms with Crippen molar-refractivity contribution in [1.82, 2.24) is 4.98 Å². The van der Waals surface area contributed by atoms with E-state index in [1.165, 1.54) is 37.8 Å². The van der Waals surface area contributed by atoms with E-state index in [9.17, 15) is 9.18 Å². The molecule has 0 bridgehead atoms. The Kier molecular flexibility index (Phi) is 5.05. The maximum Gasteiger partial charge on any atom is 0.223 e. The standard InChI is InChI=1S/C24H27FN2O/c1-24(23(26)28)14-17-5-2-3-8-21(17)22(24)12-11-20-10-9-18(15-27-20)16-6-4-7-19(25)13-16/h4,6-7,9-13,15,17,21-22H,2-3,5,8,14H2,1H3,(H2,26,28)/t17-,21-,22+,24+/m1/s1. The Morgan fingerprint density at radius 3 is 2.75 bits per heavy atom. The molecule has 4 rings (SSSR count). The molecule has 1 aromatic carbocycles. The molecule has 0 aliphatic heterocycles. The number of primary amides is 1. The molecule has 2 saturated carbocycles. The third-order valence-electron chi connectivity index (χ3n) is 6.83. The Balaban J connectivity index is 1.56. The van der Waals surface area contributed by atoms with Crippen LogP contribution in [0.3, 0.4) is 0 Å². The molecule has 0 spiro atoms. The number of carbonyl (C=O) groups excluding carboxylic acids is 1. The SMILES string of the molecule is C[C@]1(C(N)=O)C[C@H]2CCCC[C@H]2[C@@H]1C=Cc1ccc(-c2cccc(F)c2)cn1. The fourth-order valence-corrected chi connectivity index (χ4v) is 5.28. The zero-order chi connectivity index (χ0) is 19.7. The van der Waals surface area contributed by atoms with Crippen LogP contribution in [-0.4, -0.2) is 10.9 Å². The first-order chi connectivity index (χ1) is 13.5. The molecule has 4 heteroatoms. The maximum absolute atomic E-state index is 13.4. The molecule has 1 heterocycles. The number of halogens is 1. The first-order valence-electron chi connectivity index (χ1n) is 10.2. The van der Waals surface area contributed by atoms with Crippen molar-refractivity contribution in [1.29, 1.82) is 0 Å². The number of hydrogen-bond donors (Lipinski definition) is 1. The van der Waals surface area contributed by atoms with E-state index in [-0.39, 0.29) is 17.6 Å². The van der Waals surface area contributed by atoms with Gasteiger partial charge in [0.25, 0.3) is 0 Å². The van der Waals surface area contributed by atoms with E-state index in [1.807, 2.05) is 31.2 Å². The van der Waals surface area contributed by atoms with E-state index in [4.69, 9.17) is 5.73 Å². The van der Waals surface area contributed by atoms with E-state index in [0.717, 1.165) is 23.2 Å². The van der Waals surface area contributed by atoms with Gasteiger partial charge in [0.1, 0.15) is 5.82 Å². The van der Waals surface area contributed by atoms with Crippen molar-refractivity contribution in [2.75, 3.05) is 0 Å². The van der Waals surface area contributed by atoms with Crippen LogP contribution in [0.25, 0.3) is 17.2 Å². The molecule has 0 saturated heterocycles. The number of rotatable bonds is 4. The summed E-state index contributed by atoms with van der Waals surface area (Å²) in [4.78, 5) is 16.8. The topological polar surface area (TPSA) is 56.0 Å². The van der Waals surface area contributed by atoms with E-state index < -0.39 is 5.41 Å². The molecule has 1 aromatic heterocycles. The van der Waals surface area contributed by atoms with Crippen molar-refractivity contribution in [3.05, 3.63) is 60.2 Å². The van der Waals surface area contributed by atoms with Gasteiger partial charge >= 0.3 is 0 Å². The highest BCUT2D eigenvalue weighted by atomic mass is 19.1. The van der Waals surface area contributed by atoms with Gasteiger partial charge in [0.05, 0.1) is 11.1 Å². The van der Waals surface area contributed by atoms with Gasteiger partial charge in [-0.25, -0.2) is 4.39 Å². The van der Waals surface area contributed by atoms with Crippen molar-refractivity contribution in [2.45, 2.75) is 39.0 Å². The summed E-state index contributed by atoms with van der Waals surface area (Å²) in [5.74, 6) is 0.861. The number of benzene rings is 1. The van der Waals surface area contributed by atoms with Gasteiger partial charge in [-0.15, -0.1) is 0 Å². The van der Waals surface area contributed by atoms with Crippen LogP contribution in [0, 0.1) is 29.0 Å². The molecule has 4 atom stereocenters. The van der Waals surface area contributed by atoms with Crippen LogP contribution in [-0.2, 0) is 4.79 Å². The van der Waals surface area contributed by atoms with Gasteiger partial charge in [-0.2, -0.15) is 0 Å². The minimum Gasteiger partial charge on any atom is -0.369 e. The van der Waals surface area contributed by atoms with E-state index in [0.29, 0.717) is 11.8 Å². The summed E-state index contributed by atoms with van der Waals surface area (Å²) >= 11 is 0. The Labute approximate surface area is 165 Å². The average Bonchev–Trinajstić information content (AvgIpc) is 2.99. The first kappa shape index (κ1) is 18.9. The third-order valence-corrected chi connectivity index (χ3v) is 6.83. The number of nitrogens with two attached hydrogens (primary N) is 1. The number of pyridine rings is 1. The number of carbonyl (C=O) groups is 1. The Morgan fingerprint density at radius 2 is 2.04 bits per heavy atom. The molecule has 146 valence electrons. The van der Waals surface area contributed by atoms with Crippen LogP contribution in [0.5, 0.6) is 0 Å². The predicted molar refractivity (Wildman–Crippen MR) is 110 cm³/mol. The first-order valence-corrected chi connectivity index (χ1v) is 10.2. The second-order valence-corrected chi connectivity index (χ2v) is 8.56. The Hall–Kier alpha value is -2.49. The van der Waals surface area contributed by atoms with Gasteiger partial charge < -0.3 is 5.73 Å².